The first-order valence-corrected chi connectivity index (χ1v) is 13.0. The second kappa shape index (κ2) is 12.1. The first-order chi connectivity index (χ1) is 18.3. The number of nitrogens with zero attached hydrogens (tertiary/aromatic N) is 3. The van der Waals surface area contributed by atoms with Gasteiger partial charge in [0.1, 0.15) is 36.0 Å². The van der Waals surface area contributed by atoms with E-state index in [2.05, 4.69) is 26.6 Å². The number of aromatic nitrogens is 1. The van der Waals surface area contributed by atoms with Crippen molar-refractivity contribution in [3.63, 3.8) is 0 Å². The molecule has 3 aromatic rings. The van der Waals surface area contributed by atoms with Crippen molar-refractivity contribution < 1.29 is 19.4 Å². The maximum Gasteiger partial charge on any atom is 0.319 e. The van der Waals surface area contributed by atoms with E-state index in [0.717, 1.165) is 42.7 Å². The second-order valence-electron chi connectivity index (χ2n) is 9.57. The third-order valence-corrected chi connectivity index (χ3v) is 6.84. The molecule has 0 bridgehead atoms. The Bertz CT molecular complexity index is 1350. The van der Waals surface area contributed by atoms with E-state index in [1.165, 1.54) is 0 Å². The van der Waals surface area contributed by atoms with E-state index in [1.807, 2.05) is 39.8 Å². The Labute approximate surface area is 223 Å². The Morgan fingerprint density at radius 3 is 2.61 bits per heavy atom. The number of aliphatic hydroxyl groups is 1. The molecule has 3 N–H and O–H groups in total. The maximum atomic E-state index is 12.2. The van der Waals surface area contributed by atoms with Crippen LogP contribution in [0, 0.1) is 25.2 Å². The van der Waals surface area contributed by atoms with E-state index in [4.69, 9.17) is 9.47 Å². The van der Waals surface area contributed by atoms with Gasteiger partial charge in [-0.1, -0.05) is 13.8 Å². The molecule has 200 valence electrons. The average Bonchev–Trinajstić information content (AvgIpc) is 3.73. The SMILES string of the molecule is CCN(CC)CC(O)COc1cc2nccc(Oc3ccc(NC(=O)NC4CC4)c(C)c3C)c2cc1C#N. The number of aliphatic hydroxyl groups excluding tert-OH is 1. The third kappa shape index (κ3) is 6.52. The zero-order valence-electron chi connectivity index (χ0n) is 22.4. The molecule has 2 amide bonds. The standard InChI is InChI=1S/C29H35N5O4/c1-5-34(6-2)16-22(35)17-37-28-14-25-23(13-20(28)15-30)27(11-12-31-25)38-26-10-9-24(18(3)19(26)4)33-29(36)32-21-7-8-21/h9-14,21-22,35H,5-8,16-17H2,1-4H3,(H2,32,33,36). The molecule has 2 aromatic carbocycles. The largest absolute Gasteiger partial charge is 0.489 e. The fourth-order valence-electron chi connectivity index (χ4n) is 4.19. The lowest BCUT2D eigenvalue weighted by molar-refractivity contribution is 0.0716. The normalized spacial score (nSPS) is 13.7. The molecule has 9 heteroatoms. The van der Waals surface area contributed by atoms with E-state index >= 15 is 0 Å². The number of carbonyl (C=O) groups is 1. The zero-order valence-corrected chi connectivity index (χ0v) is 22.4. The number of likely N-dealkylation sites (N-methyl/N-ethyl adjacent to an activating group) is 1. The number of fused-ring (bicyclic) bond motifs is 1. The monoisotopic (exact) mass is 517 g/mol. The molecule has 0 spiro atoms. The fourth-order valence-corrected chi connectivity index (χ4v) is 4.19. The van der Waals surface area contributed by atoms with Gasteiger partial charge < -0.3 is 30.1 Å². The number of ether oxygens (including phenoxy) is 2. The molecule has 1 fully saturated rings. The summed E-state index contributed by atoms with van der Waals surface area (Å²) >= 11 is 0. The van der Waals surface area contributed by atoms with Crippen LogP contribution in [0.1, 0.15) is 43.4 Å². The summed E-state index contributed by atoms with van der Waals surface area (Å²) in [5, 5.41) is 26.7. The Hall–Kier alpha value is -3.87. The summed E-state index contributed by atoms with van der Waals surface area (Å²) < 4.78 is 12.1. The van der Waals surface area contributed by atoms with Gasteiger partial charge in [-0.2, -0.15) is 5.26 Å². The van der Waals surface area contributed by atoms with Gasteiger partial charge in [0.25, 0.3) is 0 Å². The highest BCUT2D eigenvalue weighted by Gasteiger charge is 2.23. The van der Waals surface area contributed by atoms with Crippen LogP contribution in [0.15, 0.2) is 36.5 Å². The molecular weight excluding hydrogens is 482 g/mol. The van der Waals surface area contributed by atoms with E-state index in [1.54, 1.807) is 24.4 Å². The topological polar surface area (TPSA) is 120 Å². The lowest BCUT2D eigenvalue weighted by Gasteiger charge is -2.22. The number of hydrogen-bond acceptors (Lipinski definition) is 7. The number of urea groups is 1. The molecule has 1 aliphatic carbocycles. The quantitative estimate of drug-likeness (QED) is 0.332. The molecule has 1 unspecified atom stereocenters. The maximum absolute atomic E-state index is 12.2. The van der Waals surface area contributed by atoms with Gasteiger partial charge in [0.05, 0.1) is 11.1 Å². The van der Waals surface area contributed by atoms with Crippen LogP contribution in [0.2, 0.25) is 0 Å². The summed E-state index contributed by atoms with van der Waals surface area (Å²) in [5.74, 6) is 1.56. The van der Waals surface area contributed by atoms with E-state index < -0.39 is 6.10 Å². The summed E-state index contributed by atoms with van der Waals surface area (Å²) in [6.07, 6.45) is 3.02. The number of amides is 2. The van der Waals surface area contributed by atoms with Gasteiger partial charge in [-0.05, 0) is 75.2 Å². The highest BCUT2D eigenvalue weighted by Crippen LogP contribution is 2.36. The van der Waals surface area contributed by atoms with Crippen molar-refractivity contribution in [2.45, 2.75) is 52.7 Å². The van der Waals surface area contributed by atoms with Crippen LogP contribution in [0.5, 0.6) is 17.2 Å². The Morgan fingerprint density at radius 1 is 1.16 bits per heavy atom. The Kier molecular flexibility index (Phi) is 8.66. The molecule has 0 aliphatic heterocycles. The van der Waals surface area contributed by atoms with Crippen LogP contribution in [0.4, 0.5) is 10.5 Å². The van der Waals surface area contributed by atoms with Gasteiger partial charge in [0, 0.05) is 35.9 Å². The summed E-state index contributed by atoms with van der Waals surface area (Å²) in [5.41, 5.74) is 3.47. The van der Waals surface area contributed by atoms with Crippen molar-refractivity contribution in [3.05, 3.63) is 53.2 Å². The lowest BCUT2D eigenvalue weighted by atomic mass is 10.1. The van der Waals surface area contributed by atoms with Crippen molar-refractivity contribution in [1.82, 2.24) is 15.2 Å². The Balaban J connectivity index is 1.53. The minimum absolute atomic E-state index is 0.0738. The highest BCUT2D eigenvalue weighted by atomic mass is 16.5. The first-order valence-electron chi connectivity index (χ1n) is 13.0. The minimum atomic E-state index is -0.678. The molecule has 9 nitrogen and oxygen atoms in total. The number of pyridine rings is 1. The van der Waals surface area contributed by atoms with Gasteiger partial charge in [-0.3, -0.25) is 4.98 Å². The smallest absolute Gasteiger partial charge is 0.319 e. The third-order valence-electron chi connectivity index (χ3n) is 6.84. The van der Waals surface area contributed by atoms with Gasteiger partial charge >= 0.3 is 6.03 Å². The number of hydrogen-bond donors (Lipinski definition) is 3. The molecule has 1 aliphatic rings. The van der Waals surface area contributed by atoms with Gasteiger partial charge in [0.2, 0.25) is 0 Å². The average molecular weight is 518 g/mol. The van der Waals surface area contributed by atoms with Crippen molar-refractivity contribution in [1.29, 1.82) is 5.26 Å². The molecule has 38 heavy (non-hydrogen) atoms. The van der Waals surface area contributed by atoms with Crippen LogP contribution in [-0.2, 0) is 0 Å². The highest BCUT2D eigenvalue weighted by molar-refractivity contribution is 5.91. The van der Waals surface area contributed by atoms with Crippen molar-refractivity contribution in [3.8, 4) is 23.3 Å². The summed E-state index contributed by atoms with van der Waals surface area (Å²) in [4.78, 5) is 18.7. The molecule has 1 atom stereocenters. The first kappa shape index (κ1) is 27.2. The van der Waals surface area contributed by atoms with E-state index in [9.17, 15) is 15.2 Å². The predicted octanol–water partition coefficient (Wildman–Crippen LogP) is 4.88. The number of benzene rings is 2. The number of rotatable bonds is 11. The second-order valence-corrected chi connectivity index (χ2v) is 9.57. The van der Waals surface area contributed by atoms with Crippen LogP contribution < -0.4 is 20.1 Å². The van der Waals surface area contributed by atoms with Gasteiger partial charge in [-0.25, -0.2) is 4.79 Å². The van der Waals surface area contributed by atoms with Crippen LogP contribution in [0.3, 0.4) is 0 Å². The predicted molar refractivity (Wildman–Crippen MR) is 147 cm³/mol. The van der Waals surface area contributed by atoms with E-state index in [-0.39, 0.29) is 18.7 Å². The zero-order chi connectivity index (χ0) is 27.2. The van der Waals surface area contributed by atoms with Crippen LogP contribution >= 0.6 is 0 Å². The molecule has 0 radical (unpaired) electrons. The minimum Gasteiger partial charge on any atom is -0.489 e. The van der Waals surface area contributed by atoms with Crippen molar-refractivity contribution in [2.75, 3.05) is 31.6 Å². The number of nitriles is 1. The number of nitrogens with one attached hydrogen (secondary N) is 2. The van der Waals surface area contributed by atoms with Gasteiger partial charge in [0.15, 0.2) is 0 Å². The number of anilines is 1. The van der Waals surface area contributed by atoms with Gasteiger partial charge in [-0.15, -0.1) is 0 Å². The fraction of sp³-hybridized carbons (Fsp3) is 0.414. The molecule has 0 saturated heterocycles. The number of carbonyl (C=O) groups excluding carboxylic acids is 1. The molecule has 1 saturated carbocycles. The Morgan fingerprint density at radius 2 is 1.92 bits per heavy atom. The molecular formula is C29H35N5O4. The molecule has 1 heterocycles. The van der Waals surface area contributed by atoms with Crippen LogP contribution in [-0.4, -0.2) is 59.4 Å². The summed E-state index contributed by atoms with van der Waals surface area (Å²) in [6, 6.07) is 11.1. The van der Waals surface area contributed by atoms with Crippen molar-refractivity contribution in [2.24, 2.45) is 0 Å². The summed E-state index contributed by atoms with van der Waals surface area (Å²) in [6.45, 7) is 10.2. The lowest BCUT2D eigenvalue weighted by Crippen LogP contribution is -2.35. The van der Waals surface area contributed by atoms with Crippen molar-refractivity contribution >= 4 is 22.6 Å². The molecule has 4 rings (SSSR count). The van der Waals surface area contributed by atoms with Crippen LogP contribution in [0.25, 0.3) is 10.9 Å². The van der Waals surface area contributed by atoms with E-state index in [0.29, 0.717) is 40.3 Å². The summed E-state index contributed by atoms with van der Waals surface area (Å²) in [7, 11) is 0. The molecule has 1 aromatic heterocycles.